The predicted molar refractivity (Wildman–Crippen MR) is 261 cm³/mol. The van der Waals surface area contributed by atoms with Crippen molar-refractivity contribution in [1.29, 1.82) is 0 Å². The van der Waals surface area contributed by atoms with Crippen LogP contribution in [0.25, 0.3) is 0 Å². The predicted octanol–water partition coefficient (Wildman–Crippen LogP) is 9.78. The van der Waals surface area contributed by atoms with Crippen LogP contribution in [-0.2, 0) is 46.3 Å². The molecule has 3 unspecified atom stereocenters. The van der Waals surface area contributed by atoms with E-state index in [0.717, 1.165) is 62.1 Å². The number of phosphoric acid groups is 2. The van der Waals surface area contributed by atoms with Gasteiger partial charge in [0.25, 0.3) is 0 Å². The molecule has 1 aliphatic rings. The molecule has 0 saturated carbocycles. The van der Waals surface area contributed by atoms with E-state index in [2.05, 4.69) is 59.6 Å². The Labute approximate surface area is 403 Å². The summed E-state index contributed by atoms with van der Waals surface area (Å²) >= 11 is 0. The lowest BCUT2D eigenvalue weighted by Gasteiger charge is -2.21. The Balaban J connectivity index is 1.83. The van der Waals surface area contributed by atoms with Crippen LogP contribution in [0, 0.1) is 0 Å². The molecule has 68 heavy (non-hydrogen) atoms. The van der Waals surface area contributed by atoms with Gasteiger partial charge in [-0.05, 0) is 57.4 Å². The molecule has 6 N–H and O–H groups in total. The van der Waals surface area contributed by atoms with Crippen molar-refractivity contribution in [3.05, 3.63) is 71.4 Å². The van der Waals surface area contributed by atoms with Gasteiger partial charge in [-0.15, -0.1) is 0 Å². The van der Waals surface area contributed by atoms with E-state index >= 15 is 0 Å². The molecule has 7 atom stereocenters. The van der Waals surface area contributed by atoms with Crippen LogP contribution in [0.3, 0.4) is 0 Å². The van der Waals surface area contributed by atoms with Crippen LogP contribution in [0.5, 0.6) is 0 Å². The molecule has 2 heterocycles. The molecule has 1 fully saturated rings. The minimum atomic E-state index is -5.43. The minimum Gasteiger partial charge on any atom is -0.462 e. The molecule has 1 aromatic heterocycles. The first-order valence-electron chi connectivity index (χ1n) is 24.6. The Hall–Kier alpha value is -3.28. The Morgan fingerprint density at radius 2 is 1.21 bits per heavy atom. The molecule has 0 spiro atoms. The number of nitrogen functional groups attached to an aromatic ring is 1. The Morgan fingerprint density at radius 1 is 0.706 bits per heavy atom. The highest BCUT2D eigenvalue weighted by molar-refractivity contribution is 7.61. The van der Waals surface area contributed by atoms with Crippen molar-refractivity contribution in [2.24, 2.45) is 0 Å². The van der Waals surface area contributed by atoms with Crippen molar-refractivity contribution in [2.45, 2.75) is 199 Å². The van der Waals surface area contributed by atoms with E-state index in [9.17, 15) is 43.5 Å². The summed E-state index contributed by atoms with van der Waals surface area (Å²) in [5, 5.41) is 20.9. The number of aromatic nitrogens is 2. The molecule has 0 aliphatic carbocycles. The summed E-state index contributed by atoms with van der Waals surface area (Å²) in [5.74, 6) is -1.36. The van der Waals surface area contributed by atoms with Gasteiger partial charge in [0.05, 0.1) is 13.2 Å². The number of allylic oxidation sites excluding steroid dienone is 8. The number of esters is 2. The molecule has 18 nitrogen and oxygen atoms in total. The zero-order chi connectivity index (χ0) is 49.9. The number of nitrogens with zero attached hydrogens (tertiary/aromatic N) is 2. The lowest BCUT2D eigenvalue weighted by molar-refractivity contribution is -0.161. The van der Waals surface area contributed by atoms with Gasteiger partial charge in [0, 0.05) is 19.0 Å². The quantitative estimate of drug-likeness (QED) is 0.0177. The van der Waals surface area contributed by atoms with Gasteiger partial charge in [0.15, 0.2) is 12.3 Å². The van der Waals surface area contributed by atoms with E-state index in [1.807, 2.05) is 12.2 Å². The van der Waals surface area contributed by atoms with E-state index < -0.39 is 83.7 Å². The van der Waals surface area contributed by atoms with Crippen molar-refractivity contribution in [3.8, 4) is 0 Å². The molecule has 20 heteroatoms. The third kappa shape index (κ3) is 29.0. The van der Waals surface area contributed by atoms with Gasteiger partial charge in [-0.2, -0.15) is 9.29 Å². The van der Waals surface area contributed by atoms with E-state index in [1.54, 1.807) is 0 Å². The highest BCUT2D eigenvalue weighted by atomic mass is 31.3. The zero-order valence-corrected chi connectivity index (χ0v) is 42.2. The smallest absolute Gasteiger partial charge is 0.462 e. The highest BCUT2D eigenvalue weighted by Gasteiger charge is 2.46. The Bertz CT molecular complexity index is 1820. The molecule has 0 amide bonds. The number of ether oxygens (including phenoxy) is 3. The highest BCUT2D eigenvalue weighted by Crippen LogP contribution is 2.60. The van der Waals surface area contributed by atoms with E-state index in [1.165, 1.54) is 76.7 Å². The first-order chi connectivity index (χ1) is 32.7. The Morgan fingerprint density at radius 3 is 1.78 bits per heavy atom. The second-order valence-corrected chi connectivity index (χ2v) is 20.0. The summed E-state index contributed by atoms with van der Waals surface area (Å²) in [6, 6.07) is 1.24. The fourth-order valence-corrected chi connectivity index (χ4v) is 9.18. The lowest BCUT2D eigenvalue weighted by Crippen LogP contribution is -2.36. The van der Waals surface area contributed by atoms with Crippen LogP contribution in [0.1, 0.15) is 174 Å². The van der Waals surface area contributed by atoms with Crippen molar-refractivity contribution in [1.82, 2.24) is 9.55 Å². The number of rotatable bonds is 40. The van der Waals surface area contributed by atoms with E-state index in [-0.39, 0.29) is 18.7 Å². The molecule has 2 rings (SSSR count). The summed E-state index contributed by atoms with van der Waals surface area (Å²) in [4.78, 5) is 61.8. The SMILES string of the molecule is CCCCC/C=C\C/C=C\C/C=C\C/C=C\CCCC(=O)OC[C@H](COP(=O)(O)OP(=O)(O)OC[C@H]1O[C@@H](n2ccc(N)nc2=O)C(O)[C@H]1O)OC(=O)CCCCCCCCCCCCCCC. The number of aliphatic hydroxyl groups is 2. The topological polar surface area (TPSA) is 265 Å². The first kappa shape index (κ1) is 60.8. The maximum Gasteiger partial charge on any atom is 0.481 e. The largest absolute Gasteiger partial charge is 0.481 e. The molecule has 1 saturated heterocycles. The molecule has 1 aromatic rings. The maximum absolute atomic E-state index is 12.8. The lowest BCUT2D eigenvalue weighted by atomic mass is 10.0. The van der Waals surface area contributed by atoms with Crippen LogP contribution in [0.4, 0.5) is 5.82 Å². The number of nitrogens with two attached hydrogens (primary N) is 1. The number of carbonyl (C=O) groups is 2. The molecular formula is C48H81N3O15P2. The van der Waals surface area contributed by atoms with Gasteiger partial charge in [-0.3, -0.25) is 23.2 Å². The second-order valence-electron chi connectivity index (χ2n) is 17.0. The standard InChI is InChI=1S/C48H81N3O15P2/c1-3-5-7-9-11-13-15-17-18-19-20-22-23-25-27-29-31-33-43(52)61-37-40(64-44(53)34-32-30-28-26-24-21-16-14-12-10-8-6-4-2)38-62-67(57,58)66-68(59,60)63-39-41-45(54)46(55)47(65-41)51-36-35-42(49)50-48(51)56/h11,13,17-18,20,22,25,27,35-36,40-41,45-47,54-55H,3-10,12,14-16,19,21,23-24,26,28-34,37-39H2,1-2H3,(H,57,58)(H,59,60)(H2,49,50,56)/b13-11-,18-17-,22-20-,27-25-/t40-,41-,45+,46?,47-/m1/s1. The summed E-state index contributed by atoms with van der Waals surface area (Å²) in [6.07, 6.45) is 33.5. The number of unbranched alkanes of at least 4 members (excludes halogenated alkanes) is 16. The zero-order valence-electron chi connectivity index (χ0n) is 40.4. The van der Waals surface area contributed by atoms with Gasteiger partial charge in [-0.1, -0.05) is 152 Å². The van der Waals surface area contributed by atoms with Crippen molar-refractivity contribution in [3.63, 3.8) is 0 Å². The van der Waals surface area contributed by atoms with Crippen LogP contribution in [0.2, 0.25) is 0 Å². The van der Waals surface area contributed by atoms with Crippen LogP contribution < -0.4 is 11.4 Å². The summed E-state index contributed by atoms with van der Waals surface area (Å²) in [5.41, 5.74) is 4.58. The van der Waals surface area contributed by atoms with E-state index in [4.69, 9.17) is 29.0 Å². The third-order valence-electron chi connectivity index (χ3n) is 10.9. The van der Waals surface area contributed by atoms with Gasteiger partial charge >= 0.3 is 33.3 Å². The number of hydrogen-bond donors (Lipinski definition) is 5. The molecule has 0 aromatic carbocycles. The van der Waals surface area contributed by atoms with Gasteiger partial charge in [0.2, 0.25) is 0 Å². The Kier molecular flexibility index (Phi) is 32.8. The van der Waals surface area contributed by atoms with Crippen LogP contribution >= 0.6 is 15.6 Å². The summed E-state index contributed by atoms with van der Waals surface area (Å²) < 4.78 is 56.6. The van der Waals surface area contributed by atoms with Gasteiger partial charge < -0.3 is 39.9 Å². The first-order valence-corrected chi connectivity index (χ1v) is 27.6. The molecular weight excluding hydrogens is 920 g/mol. The fraction of sp³-hybridized carbons (Fsp3) is 0.708. The summed E-state index contributed by atoms with van der Waals surface area (Å²) in [7, 11) is -10.9. The van der Waals surface area contributed by atoms with Crippen molar-refractivity contribution >= 4 is 33.4 Å². The molecule has 1 aliphatic heterocycles. The van der Waals surface area contributed by atoms with Crippen molar-refractivity contribution in [2.75, 3.05) is 25.6 Å². The maximum atomic E-state index is 12.8. The number of phosphoric ester groups is 2. The van der Waals surface area contributed by atoms with Gasteiger partial charge in [0.1, 0.15) is 30.7 Å². The number of anilines is 1. The fourth-order valence-electron chi connectivity index (χ4n) is 7.07. The average molecular weight is 1000 g/mol. The van der Waals surface area contributed by atoms with Crippen LogP contribution in [0.15, 0.2) is 65.7 Å². The van der Waals surface area contributed by atoms with Gasteiger partial charge in [-0.25, -0.2) is 13.9 Å². The normalized spacial score (nSPS) is 19.9. The minimum absolute atomic E-state index is 0.0400. The monoisotopic (exact) mass is 1000 g/mol. The average Bonchev–Trinajstić information content (AvgIpc) is 3.57. The number of carbonyl (C=O) groups excluding carboxylic acids is 2. The third-order valence-corrected chi connectivity index (χ3v) is 13.5. The molecule has 388 valence electrons. The van der Waals surface area contributed by atoms with Crippen LogP contribution in [-0.4, -0.2) is 85.7 Å². The van der Waals surface area contributed by atoms with E-state index in [0.29, 0.717) is 19.3 Å². The van der Waals surface area contributed by atoms with Crippen molar-refractivity contribution < 1.29 is 66.3 Å². The molecule has 0 bridgehead atoms. The number of hydrogen-bond acceptors (Lipinski definition) is 15. The number of aliphatic hydroxyl groups excluding tert-OH is 2. The second kappa shape index (κ2) is 36.6. The molecule has 0 radical (unpaired) electrons. The summed E-state index contributed by atoms with van der Waals surface area (Å²) in [6.45, 7) is 2.07.